The molecule has 0 unspecified atom stereocenters. The summed E-state index contributed by atoms with van der Waals surface area (Å²) in [6.07, 6.45) is 1.28. The number of nitrogens with two attached hydrogens (primary N) is 1. The molecule has 1 aromatic carbocycles. The van der Waals surface area contributed by atoms with Gasteiger partial charge in [0.15, 0.2) is 11.0 Å². The number of ketones is 1. The van der Waals surface area contributed by atoms with Gasteiger partial charge < -0.3 is 5.73 Å². The van der Waals surface area contributed by atoms with Gasteiger partial charge in [0, 0.05) is 17.7 Å². The standard InChI is InChI=1S/C11H14N2OS/c12-11(13)15-8-4-7-10(14)9-5-2-1-3-6-9/h1-3,5-6H,4,7-8H2,(H3,12,13). The van der Waals surface area contributed by atoms with Crippen LogP contribution in [-0.2, 0) is 0 Å². The number of hydrogen-bond acceptors (Lipinski definition) is 3. The van der Waals surface area contributed by atoms with E-state index in [0.29, 0.717) is 6.42 Å². The van der Waals surface area contributed by atoms with E-state index in [9.17, 15) is 4.79 Å². The van der Waals surface area contributed by atoms with Crippen LogP contribution in [0.2, 0.25) is 0 Å². The third kappa shape index (κ3) is 4.65. The Morgan fingerprint density at radius 1 is 1.33 bits per heavy atom. The van der Waals surface area contributed by atoms with E-state index in [2.05, 4.69) is 0 Å². The molecule has 0 amide bonds. The number of Topliss-reactive ketones (excluding diaryl/α,β-unsaturated/α-hetero) is 1. The molecular weight excluding hydrogens is 208 g/mol. The Bertz CT molecular complexity index is 338. The largest absolute Gasteiger partial charge is 0.379 e. The van der Waals surface area contributed by atoms with Crippen LogP contribution >= 0.6 is 11.8 Å². The summed E-state index contributed by atoms with van der Waals surface area (Å²) in [7, 11) is 0. The van der Waals surface area contributed by atoms with Crippen LogP contribution in [0, 0.1) is 5.41 Å². The number of carbonyl (C=O) groups excluding carboxylic acids is 1. The molecule has 0 saturated heterocycles. The number of amidine groups is 1. The van der Waals surface area contributed by atoms with Gasteiger partial charge in [-0.3, -0.25) is 10.2 Å². The van der Waals surface area contributed by atoms with Crippen LogP contribution in [0.15, 0.2) is 30.3 Å². The summed E-state index contributed by atoms with van der Waals surface area (Å²) in [4.78, 5) is 11.6. The third-order valence-electron chi connectivity index (χ3n) is 1.90. The van der Waals surface area contributed by atoms with Crippen molar-refractivity contribution >= 4 is 22.7 Å². The summed E-state index contributed by atoms with van der Waals surface area (Å²) in [6.45, 7) is 0. The molecule has 0 fully saturated rings. The second kappa shape index (κ2) is 6.24. The average Bonchev–Trinajstić information content (AvgIpc) is 2.25. The Labute approximate surface area is 93.6 Å². The first-order valence-corrected chi connectivity index (χ1v) is 5.74. The van der Waals surface area contributed by atoms with Crippen molar-refractivity contribution in [2.75, 3.05) is 5.75 Å². The van der Waals surface area contributed by atoms with Gasteiger partial charge in [0.05, 0.1) is 0 Å². The van der Waals surface area contributed by atoms with Crippen molar-refractivity contribution in [3.05, 3.63) is 35.9 Å². The highest BCUT2D eigenvalue weighted by Crippen LogP contribution is 2.08. The van der Waals surface area contributed by atoms with Crippen LogP contribution in [0.25, 0.3) is 0 Å². The molecule has 0 heterocycles. The molecule has 0 aliphatic rings. The minimum atomic E-state index is 0.113. The van der Waals surface area contributed by atoms with Crippen LogP contribution in [0.3, 0.4) is 0 Å². The lowest BCUT2D eigenvalue weighted by Crippen LogP contribution is -2.05. The number of hydrogen-bond donors (Lipinski definition) is 2. The predicted molar refractivity (Wildman–Crippen MR) is 64.4 cm³/mol. The highest BCUT2D eigenvalue weighted by molar-refractivity contribution is 8.13. The fourth-order valence-electron chi connectivity index (χ4n) is 1.18. The zero-order valence-electron chi connectivity index (χ0n) is 8.40. The maximum absolute atomic E-state index is 11.6. The second-order valence-electron chi connectivity index (χ2n) is 3.11. The summed E-state index contributed by atoms with van der Waals surface area (Å²) in [6, 6.07) is 9.25. The van der Waals surface area contributed by atoms with Gasteiger partial charge in [-0.05, 0) is 6.42 Å². The molecular formula is C11H14N2OS. The van der Waals surface area contributed by atoms with Crippen molar-refractivity contribution in [2.45, 2.75) is 12.8 Å². The molecule has 3 nitrogen and oxygen atoms in total. The van der Waals surface area contributed by atoms with Crippen LogP contribution < -0.4 is 5.73 Å². The van der Waals surface area contributed by atoms with Crippen molar-refractivity contribution in [3.8, 4) is 0 Å². The Morgan fingerprint density at radius 3 is 2.60 bits per heavy atom. The van der Waals surface area contributed by atoms with E-state index in [0.717, 1.165) is 17.7 Å². The molecule has 0 aromatic heterocycles. The predicted octanol–water partition coefficient (Wildman–Crippen LogP) is 2.28. The first-order chi connectivity index (χ1) is 7.20. The Hall–Kier alpha value is -1.29. The summed E-state index contributed by atoms with van der Waals surface area (Å²) >= 11 is 1.28. The number of rotatable bonds is 5. The molecule has 80 valence electrons. The molecule has 0 radical (unpaired) electrons. The van der Waals surface area contributed by atoms with Gasteiger partial charge in [0.1, 0.15) is 0 Å². The van der Waals surface area contributed by atoms with Gasteiger partial charge in [-0.15, -0.1) is 0 Å². The molecule has 3 N–H and O–H groups in total. The van der Waals surface area contributed by atoms with E-state index in [-0.39, 0.29) is 11.0 Å². The highest BCUT2D eigenvalue weighted by atomic mass is 32.2. The van der Waals surface area contributed by atoms with E-state index in [4.69, 9.17) is 11.1 Å². The number of thioether (sulfide) groups is 1. The summed E-state index contributed by atoms with van der Waals surface area (Å²) in [5.74, 6) is 0.883. The number of benzene rings is 1. The number of nitrogens with one attached hydrogen (secondary N) is 1. The molecule has 0 bridgehead atoms. The monoisotopic (exact) mass is 222 g/mol. The fourth-order valence-corrected chi connectivity index (χ4v) is 1.69. The fraction of sp³-hybridized carbons (Fsp3) is 0.273. The molecule has 15 heavy (non-hydrogen) atoms. The molecule has 0 atom stereocenters. The zero-order valence-corrected chi connectivity index (χ0v) is 9.22. The van der Waals surface area contributed by atoms with Crippen LogP contribution in [0.1, 0.15) is 23.2 Å². The van der Waals surface area contributed by atoms with Crippen molar-refractivity contribution in [1.29, 1.82) is 5.41 Å². The second-order valence-corrected chi connectivity index (χ2v) is 4.24. The van der Waals surface area contributed by atoms with Gasteiger partial charge in [-0.2, -0.15) is 0 Å². The Morgan fingerprint density at radius 2 is 2.00 bits per heavy atom. The van der Waals surface area contributed by atoms with Gasteiger partial charge in [-0.1, -0.05) is 42.1 Å². The van der Waals surface area contributed by atoms with Gasteiger partial charge in [-0.25, -0.2) is 0 Å². The zero-order chi connectivity index (χ0) is 11.1. The highest BCUT2D eigenvalue weighted by Gasteiger charge is 2.04. The topological polar surface area (TPSA) is 66.9 Å². The van der Waals surface area contributed by atoms with Gasteiger partial charge in [0.25, 0.3) is 0 Å². The SMILES string of the molecule is N=C(N)SCCCC(=O)c1ccccc1. The normalized spacial score (nSPS) is 9.87. The Kier molecular flexibility index (Phi) is 4.90. The lowest BCUT2D eigenvalue weighted by atomic mass is 10.1. The van der Waals surface area contributed by atoms with Gasteiger partial charge >= 0.3 is 0 Å². The molecule has 1 rings (SSSR count). The summed E-state index contributed by atoms with van der Waals surface area (Å²) < 4.78 is 0. The van der Waals surface area contributed by atoms with Crippen LogP contribution in [-0.4, -0.2) is 16.7 Å². The van der Waals surface area contributed by atoms with Crippen LogP contribution in [0.4, 0.5) is 0 Å². The van der Waals surface area contributed by atoms with Crippen molar-refractivity contribution < 1.29 is 4.79 Å². The van der Waals surface area contributed by atoms with E-state index in [1.165, 1.54) is 11.8 Å². The lowest BCUT2D eigenvalue weighted by molar-refractivity contribution is 0.0982. The molecule has 1 aromatic rings. The summed E-state index contributed by atoms with van der Waals surface area (Å²) in [5, 5.41) is 7.11. The van der Waals surface area contributed by atoms with E-state index in [1.807, 2.05) is 30.3 Å². The third-order valence-corrected chi connectivity index (χ3v) is 2.71. The smallest absolute Gasteiger partial charge is 0.162 e. The quantitative estimate of drug-likeness (QED) is 0.347. The minimum Gasteiger partial charge on any atom is -0.379 e. The molecule has 0 aliphatic heterocycles. The first kappa shape index (κ1) is 11.8. The Balaban J connectivity index is 2.28. The maximum Gasteiger partial charge on any atom is 0.162 e. The lowest BCUT2D eigenvalue weighted by Gasteiger charge is -2.00. The van der Waals surface area contributed by atoms with E-state index in [1.54, 1.807) is 0 Å². The van der Waals surface area contributed by atoms with Gasteiger partial charge in [0.2, 0.25) is 0 Å². The van der Waals surface area contributed by atoms with Crippen molar-refractivity contribution in [2.24, 2.45) is 5.73 Å². The molecule has 4 heteroatoms. The van der Waals surface area contributed by atoms with E-state index >= 15 is 0 Å². The number of carbonyl (C=O) groups is 1. The molecule has 0 aliphatic carbocycles. The van der Waals surface area contributed by atoms with Crippen LogP contribution in [0.5, 0.6) is 0 Å². The minimum absolute atomic E-state index is 0.113. The van der Waals surface area contributed by atoms with Crippen molar-refractivity contribution in [1.82, 2.24) is 0 Å². The molecule has 0 saturated carbocycles. The summed E-state index contributed by atoms with van der Waals surface area (Å²) in [5.41, 5.74) is 5.94. The maximum atomic E-state index is 11.6. The molecule has 0 spiro atoms. The first-order valence-electron chi connectivity index (χ1n) is 4.75. The van der Waals surface area contributed by atoms with Crippen molar-refractivity contribution in [3.63, 3.8) is 0 Å². The van der Waals surface area contributed by atoms with E-state index < -0.39 is 0 Å². The average molecular weight is 222 g/mol.